The minimum Gasteiger partial charge on any atom is -0.489 e. The van der Waals surface area contributed by atoms with Gasteiger partial charge < -0.3 is 38.3 Å². The van der Waals surface area contributed by atoms with Crippen LogP contribution in [0.4, 0.5) is 0 Å². The summed E-state index contributed by atoms with van der Waals surface area (Å²) in [5, 5.41) is 10.3. The molecular formula is C52H48O8. The number of rotatable bonds is 22. The lowest BCUT2D eigenvalue weighted by Crippen LogP contribution is -2.06. The Kier molecular flexibility index (Phi) is 14.7. The molecule has 0 aliphatic rings. The lowest BCUT2D eigenvalue weighted by atomic mass is 10.1. The molecule has 0 aliphatic heterocycles. The van der Waals surface area contributed by atoms with Crippen molar-refractivity contribution in [2.24, 2.45) is 0 Å². The fourth-order valence-electron chi connectivity index (χ4n) is 6.27. The van der Waals surface area contributed by atoms with E-state index in [1.165, 1.54) is 0 Å². The molecule has 8 nitrogen and oxygen atoms in total. The van der Waals surface area contributed by atoms with Gasteiger partial charge in [0.25, 0.3) is 0 Å². The Morgan fingerprint density at radius 3 is 0.967 bits per heavy atom. The van der Waals surface area contributed by atoms with Crippen molar-refractivity contribution in [2.75, 3.05) is 6.61 Å². The van der Waals surface area contributed by atoms with Gasteiger partial charge in [0.1, 0.15) is 69.2 Å². The quantitative estimate of drug-likeness (QED) is 0.0679. The van der Waals surface area contributed by atoms with Crippen LogP contribution >= 0.6 is 0 Å². The molecule has 304 valence electrons. The highest BCUT2D eigenvalue weighted by molar-refractivity contribution is 5.54. The van der Waals surface area contributed by atoms with E-state index in [1.54, 1.807) is 18.2 Å². The lowest BCUT2D eigenvalue weighted by molar-refractivity contribution is 0.240. The smallest absolute Gasteiger partial charge is 0.203 e. The zero-order valence-corrected chi connectivity index (χ0v) is 33.4. The van der Waals surface area contributed by atoms with E-state index in [2.05, 4.69) is 6.58 Å². The summed E-state index contributed by atoms with van der Waals surface area (Å²) in [4.78, 5) is 0. The molecule has 0 aromatic heterocycles. The number of hydrogen-bond donors (Lipinski definition) is 1. The maximum atomic E-state index is 10.3. The van der Waals surface area contributed by atoms with Gasteiger partial charge in [-0.2, -0.15) is 0 Å². The summed E-state index contributed by atoms with van der Waals surface area (Å²) in [7, 11) is 0. The van der Waals surface area contributed by atoms with Crippen LogP contribution in [0.15, 0.2) is 183 Å². The molecule has 0 unspecified atom stereocenters. The maximum Gasteiger partial charge on any atom is 0.203 e. The van der Waals surface area contributed by atoms with Gasteiger partial charge in [0.05, 0.1) is 6.61 Å². The molecule has 0 heterocycles. The summed E-state index contributed by atoms with van der Waals surface area (Å²) < 4.78 is 44.1. The van der Waals surface area contributed by atoms with Crippen LogP contribution in [0.25, 0.3) is 0 Å². The minimum absolute atomic E-state index is 0.145. The summed E-state index contributed by atoms with van der Waals surface area (Å²) >= 11 is 0. The van der Waals surface area contributed by atoms with E-state index in [9.17, 15) is 5.11 Å². The molecule has 0 amide bonds. The molecule has 0 saturated heterocycles. The summed E-state index contributed by atoms with van der Waals surface area (Å²) in [6, 6.07) is 55.0. The van der Waals surface area contributed by atoms with Gasteiger partial charge in [0.2, 0.25) is 5.75 Å². The van der Waals surface area contributed by atoms with Crippen molar-refractivity contribution in [3.05, 3.63) is 221 Å². The number of benzene rings is 7. The second kappa shape index (κ2) is 21.6. The molecule has 0 spiro atoms. The molecule has 0 aliphatic carbocycles. The van der Waals surface area contributed by atoms with Gasteiger partial charge in [-0.3, -0.25) is 0 Å². The Hall–Kier alpha value is -7.16. The zero-order valence-electron chi connectivity index (χ0n) is 33.4. The van der Waals surface area contributed by atoms with Crippen molar-refractivity contribution in [1.82, 2.24) is 0 Å². The Balaban J connectivity index is 1.12. The van der Waals surface area contributed by atoms with Gasteiger partial charge in [0, 0.05) is 12.1 Å². The van der Waals surface area contributed by atoms with Crippen LogP contribution in [0.1, 0.15) is 38.9 Å². The van der Waals surface area contributed by atoms with Gasteiger partial charge in [-0.05, 0) is 75.3 Å². The SMILES string of the molecule is C=CCOc1c(OCc2cc(OCc3ccccc3)cc(OCc3ccccc3)c2)cc(CO)cc1OCc1cc(OCc2ccccc2)cc(OCc2ccccc2)c1. The fraction of sp³-hybridized carbons (Fsp3) is 0.154. The van der Waals surface area contributed by atoms with Gasteiger partial charge >= 0.3 is 0 Å². The molecule has 7 aromatic rings. The van der Waals surface area contributed by atoms with Crippen molar-refractivity contribution in [3.63, 3.8) is 0 Å². The van der Waals surface area contributed by atoms with Gasteiger partial charge in [-0.25, -0.2) is 0 Å². The molecule has 7 aromatic carbocycles. The summed E-state index contributed by atoms with van der Waals surface area (Å²) in [6.45, 7) is 5.67. The highest BCUT2D eigenvalue weighted by Gasteiger charge is 2.18. The normalized spacial score (nSPS) is 10.7. The second-order valence-electron chi connectivity index (χ2n) is 14.0. The maximum absolute atomic E-state index is 10.3. The first kappa shape index (κ1) is 41.0. The van der Waals surface area contributed by atoms with E-state index < -0.39 is 0 Å². The third-order valence-corrected chi connectivity index (χ3v) is 9.27. The topological polar surface area (TPSA) is 84.8 Å². The third-order valence-electron chi connectivity index (χ3n) is 9.27. The van der Waals surface area contributed by atoms with E-state index in [1.807, 2.05) is 158 Å². The Morgan fingerprint density at radius 2 is 0.667 bits per heavy atom. The molecule has 0 saturated carbocycles. The van der Waals surface area contributed by atoms with Crippen LogP contribution in [0, 0.1) is 0 Å². The molecule has 7 rings (SSSR count). The number of aliphatic hydroxyl groups is 1. The van der Waals surface area contributed by atoms with Crippen molar-refractivity contribution < 1.29 is 38.3 Å². The van der Waals surface area contributed by atoms with E-state index in [0.717, 1.165) is 33.4 Å². The number of hydrogen-bond acceptors (Lipinski definition) is 8. The van der Waals surface area contributed by atoms with Crippen molar-refractivity contribution in [2.45, 2.75) is 46.2 Å². The zero-order chi connectivity index (χ0) is 41.2. The van der Waals surface area contributed by atoms with E-state index in [4.69, 9.17) is 33.2 Å². The van der Waals surface area contributed by atoms with Crippen LogP contribution in [0.3, 0.4) is 0 Å². The summed E-state index contributed by atoms with van der Waals surface area (Å²) in [6.07, 6.45) is 1.65. The van der Waals surface area contributed by atoms with Crippen LogP contribution in [0.5, 0.6) is 40.2 Å². The standard InChI is InChI=1S/C52H48O8/c1-2-23-54-52-50(59-37-44-24-46(55-33-39-15-7-3-8-16-39)30-47(25-44)56-34-40-17-9-4-10-18-40)28-43(32-53)29-51(52)60-38-45-26-48(57-35-41-19-11-5-12-20-41)31-49(27-45)58-36-42-21-13-6-14-22-42/h2-22,24-31,53H,1,23,32-38H2. The van der Waals surface area contributed by atoms with Crippen molar-refractivity contribution in [1.29, 1.82) is 0 Å². The van der Waals surface area contributed by atoms with Crippen molar-refractivity contribution in [3.8, 4) is 40.2 Å². The van der Waals surface area contributed by atoms with Crippen LogP contribution in [-0.2, 0) is 46.2 Å². The number of aliphatic hydroxyl groups excluding tert-OH is 1. The highest BCUT2D eigenvalue weighted by atomic mass is 16.5. The first-order chi connectivity index (χ1) is 29.6. The van der Waals surface area contributed by atoms with E-state index >= 15 is 0 Å². The molecule has 0 radical (unpaired) electrons. The molecule has 0 atom stereocenters. The predicted molar refractivity (Wildman–Crippen MR) is 233 cm³/mol. The molecule has 0 bridgehead atoms. The third kappa shape index (κ3) is 12.4. The molecule has 1 N–H and O–H groups in total. The highest BCUT2D eigenvalue weighted by Crippen LogP contribution is 2.41. The van der Waals surface area contributed by atoms with E-state index in [0.29, 0.717) is 72.2 Å². The van der Waals surface area contributed by atoms with Gasteiger partial charge in [-0.15, -0.1) is 0 Å². The Bertz CT molecular complexity index is 2100. The first-order valence-corrected chi connectivity index (χ1v) is 19.8. The van der Waals surface area contributed by atoms with Crippen LogP contribution < -0.4 is 33.2 Å². The molecule has 60 heavy (non-hydrogen) atoms. The monoisotopic (exact) mass is 800 g/mol. The fourth-order valence-corrected chi connectivity index (χ4v) is 6.27. The minimum atomic E-state index is -0.241. The van der Waals surface area contributed by atoms with Crippen LogP contribution in [-0.4, -0.2) is 11.7 Å². The van der Waals surface area contributed by atoms with E-state index in [-0.39, 0.29) is 26.4 Å². The van der Waals surface area contributed by atoms with Crippen LogP contribution in [0.2, 0.25) is 0 Å². The predicted octanol–water partition coefficient (Wildman–Crippen LogP) is 11.2. The Labute approximate surface area is 351 Å². The number of ether oxygens (including phenoxy) is 7. The second-order valence-corrected chi connectivity index (χ2v) is 14.0. The largest absolute Gasteiger partial charge is 0.489 e. The molecular weight excluding hydrogens is 753 g/mol. The Morgan fingerprint density at radius 1 is 0.350 bits per heavy atom. The van der Waals surface area contributed by atoms with Crippen molar-refractivity contribution >= 4 is 0 Å². The summed E-state index contributed by atoms with van der Waals surface area (Å²) in [5.41, 5.74) is 6.40. The molecule has 0 fully saturated rings. The lowest BCUT2D eigenvalue weighted by Gasteiger charge is -2.19. The average molecular weight is 801 g/mol. The average Bonchev–Trinajstić information content (AvgIpc) is 3.30. The summed E-state index contributed by atoms with van der Waals surface area (Å²) in [5.74, 6) is 3.73. The van der Waals surface area contributed by atoms with Gasteiger partial charge in [-0.1, -0.05) is 134 Å². The first-order valence-electron chi connectivity index (χ1n) is 19.8. The van der Waals surface area contributed by atoms with Gasteiger partial charge in [0.15, 0.2) is 11.5 Å². The molecule has 8 heteroatoms.